The van der Waals surface area contributed by atoms with Crippen LogP contribution < -0.4 is 11.1 Å². The highest BCUT2D eigenvalue weighted by Gasteiger charge is 1.98. The summed E-state index contributed by atoms with van der Waals surface area (Å²) < 4.78 is 8.82. The number of ether oxygens (including phenoxy) is 1. The number of nitrogen functional groups attached to an aromatic ring is 1. The quantitative estimate of drug-likeness (QED) is 0.673. The second-order valence-electron chi connectivity index (χ2n) is 2.94. The number of aromatic nitrogens is 2. The van der Waals surface area contributed by atoms with E-state index in [2.05, 4.69) is 14.7 Å². The molecule has 0 saturated carbocycles. The number of hydrogen-bond acceptors (Lipinski definition) is 6. The fourth-order valence-corrected chi connectivity index (χ4v) is 1.57. The van der Waals surface area contributed by atoms with Crippen LogP contribution in [0.5, 0.6) is 0 Å². The number of nitrogens with two attached hydrogens (primary N) is 1. The minimum Gasteiger partial charge on any atom is -0.385 e. The molecular weight excluding hydrogens is 200 g/mol. The minimum atomic E-state index is 0.344. The first-order valence-electron chi connectivity index (χ1n) is 4.65. The van der Waals surface area contributed by atoms with E-state index in [4.69, 9.17) is 10.5 Å². The first-order chi connectivity index (χ1) is 6.83. The van der Waals surface area contributed by atoms with Crippen molar-refractivity contribution >= 4 is 22.6 Å². The molecule has 0 unspecified atom stereocenters. The van der Waals surface area contributed by atoms with Gasteiger partial charge < -0.3 is 15.8 Å². The molecular formula is C8H16N4OS. The first-order valence-corrected chi connectivity index (χ1v) is 5.42. The molecule has 0 aliphatic heterocycles. The zero-order valence-corrected chi connectivity index (χ0v) is 9.14. The Morgan fingerprint density at radius 1 is 1.43 bits per heavy atom. The van der Waals surface area contributed by atoms with E-state index >= 15 is 0 Å². The van der Waals surface area contributed by atoms with Gasteiger partial charge in [-0.2, -0.15) is 9.36 Å². The topological polar surface area (TPSA) is 73.1 Å². The van der Waals surface area contributed by atoms with Crippen molar-refractivity contribution in [3.05, 3.63) is 0 Å². The molecule has 1 aromatic heterocycles. The average molecular weight is 216 g/mol. The van der Waals surface area contributed by atoms with Gasteiger partial charge in [0.25, 0.3) is 0 Å². The zero-order valence-electron chi connectivity index (χ0n) is 8.32. The number of rotatable bonds is 7. The van der Waals surface area contributed by atoms with Crippen molar-refractivity contribution in [2.45, 2.75) is 19.3 Å². The van der Waals surface area contributed by atoms with Crippen LogP contribution in [-0.4, -0.2) is 29.6 Å². The van der Waals surface area contributed by atoms with Crippen LogP contribution in [0, 0.1) is 0 Å². The SMILES string of the molecule is COCCCCCNc1nc(N)ns1. The molecule has 0 bridgehead atoms. The van der Waals surface area contributed by atoms with Gasteiger partial charge in [0.05, 0.1) is 0 Å². The van der Waals surface area contributed by atoms with Gasteiger partial charge in [0.15, 0.2) is 0 Å². The maximum Gasteiger partial charge on any atom is 0.233 e. The largest absolute Gasteiger partial charge is 0.385 e. The third-order valence-electron chi connectivity index (χ3n) is 1.74. The van der Waals surface area contributed by atoms with Crippen molar-refractivity contribution in [3.63, 3.8) is 0 Å². The van der Waals surface area contributed by atoms with Gasteiger partial charge in [-0.3, -0.25) is 0 Å². The Kier molecular flexibility index (Phi) is 5.24. The third kappa shape index (κ3) is 4.38. The fraction of sp³-hybridized carbons (Fsp3) is 0.750. The summed E-state index contributed by atoms with van der Waals surface area (Å²) >= 11 is 1.30. The van der Waals surface area contributed by atoms with Crippen molar-refractivity contribution in [1.29, 1.82) is 0 Å². The molecule has 0 amide bonds. The van der Waals surface area contributed by atoms with Crippen molar-refractivity contribution in [1.82, 2.24) is 9.36 Å². The van der Waals surface area contributed by atoms with Crippen LogP contribution >= 0.6 is 11.5 Å². The van der Waals surface area contributed by atoms with Crippen molar-refractivity contribution in [2.24, 2.45) is 0 Å². The summed E-state index contributed by atoms with van der Waals surface area (Å²) in [5.41, 5.74) is 5.38. The highest BCUT2D eigenvalue weighted by molar-refractivity contribution is 7.09. The normalized spacial score (nSPS) is 10.4. The molecule has 0 aliphatic rings. The lowest BCUT2D eigenvalue weighted by Gasteiger charge is -2.01. The number of hydrogen-bond donors (Lipinski definition) is 2. The summed E-state index contributed by atoms with van der Waals surface area (Å²) in [5, 5.41) is 3.97. The molecule has 5 nitrogen and oxygen atoms in total. The summed E-state index contributed by atoms with van der Waals surface area (Å²) in [6.45, 7) is 1.75. The van der Waals surface area contributed by atoms with Crippen LogP contribution in [0.1, 0.15) is 19.3 Å². The van der Waals surface area contributed by atoms with Gasteiger partial charge in [-0.1, -0.05) is 0 Å². The predicted octanol–water partition coefficient (Wildman–Crippen LogP) is 1.35. The van der Waals surface area contributed by atoms with Gasteiger partial charge >= 0.3 is 0 Å². The maximum atomic E-state index is 5.38. The Balaban J connectivity index is 1.99. The predicted molar refractivity (Wildman–Crippen MR) is 58.5 cm³/mol. The summed E-state index contributed by atoms with van der Waals surface area (Å²) in [6.07, 6.45) is 3.38. The summed E-state index contributed by atoms with van der Waals surface area (Å²) in [5.74, 6) is 0.344. The van der Waals surface area contributed by atoms with E-state index in [1.54, 1.807) is 7.11 Å². The molecule has 0 saturated heterocycles. The number of methoxy groups -OCH3 is 1. The average Bonchev–Trinajstić information content (AvgIpc) is 2.58. The summed E-state index contributed by atoms with van der Waals surface area (Å²) in [6, 6.07) is 0. The van der Waals surface area contributed by atoms with Gasteiger partial charge in [0, 0.05) is 31.8 Å². The van der Waals surface area contributed by atoms with E-state index in [9.17, 15) is 0 Å². The summed E-state index contributed by atoms with van der Waals surface area (Å²) in [4.78, 5) is 3.99. The van der Waals surface area contributed by atoms with Crippen molar-refractivity contribution in [2.75, 3.05) is 31.3 Å². The van der Waals surface area contributed by atoms with E-state index < -0.39 is 0 Å². The lowest BCUT2D eigenvalue weighted by molar-refractivity contribution is 0.192. The molecule has 0 aliphatic carbocycles. The number of nitrogens with one attached hydrogen (secondary N) is 1. The van der Waals surface area contributed by atoms with Crippen molar-refractivity contribution < 1.29 is 4.74 Å². The Morgan fingerprint density at radius 3 is 2.93 bits per heavy atom. The molecule has 14 heavy (non-hydrogen) atoms. The molecule has 0 aromatic carbocycles. The van der Waals surface area contributed by atoms with Crippen LogP contribution in [0.3, 0.4) is 0 Å². The molecule has 80 valence electrons. The third-order valence-corrected chi connectivity index (χ3v) is 2.43. The van der Waals surface area contributed by atoms with Gasteiger partial charge in [-0.25, -0.2) is 0 Å². The van der Waals surface area contributed by atoms with E-state index in [0.29, 0.717) is 5.95 Å². The van der Waals surface area contributed by atoms with Crippen LogP contribution in [0.2, 0.25) is 0 Å². The van der Waals surface area contributed by atoms with E-state index in [-0.39, 0.29) is 0 Å². The lowest BCUT2D eigenvalue weighted by atomic mass is 10.2. The van der Waals surface area contributed by atoms with E-state index in [1.165, 1.54) is 11.5 Å². The highest BCUT2D eigenvalue weighted by Crippen LogP contribution is 2.11. The molecule has 0 fully saturated rings. The Morgan fingerprint density at radius 2 is 2.29 bits per heavy atom. The molecule has 3 N–H and O–H groups in total. The van der Waals surface area contributed by atoms with E-state index in [1.807, 2.05) is 0 Å². The molecule has 0 atom stereocenters. The molecule has 1 rings (SSSR count). The molecule has 6 heteroatoms. The van der Waals surface area contributed by atoms with Crippen molar-refractivity contribution in [3.8, 4) is 0 Å². The molecule has 1 heterocycles. The molecule has 0 radical (unpaired) electrons. The maximum absolute atomic E-state index is 5.38. The van der Waals surface area contributed by atoms with Crippen LogP contribution in [0.4, 0.5) is 11.1 Å². The second kappa shape index (κ2) is 6.56. The van der Waals surface area contributed by atoms with Gasteiger partial charge in [-0.15, -0.1) is 0 Å². The number of anilines is 2. The number of nitrogens with zero attached hydrogens (tertiary/aromatic N) is 2. The Labute approximate surface area is 87.8 Å². The second-order valence-corrected chi connectivity index (χ2v) is 3.69. The van der Waals surface area contributed by atoms with Crippen LogP contribution in [0.15, 0.2) is 0 Å². The molecule has 0 spiro atoms. The first kappa shape index (κ1) is 11.2. The summed E-state index contributed by atoms with van der Waals surface area (Å²) in [7, 11) is 1.72. The monoisotopic (exact) mass is 216 g/mol. The Bertz CT molecular complexity index is 253. The van der Waals surface area contributed by atoms with Gasteiger partial charge in [-0.05, 0) is 19.3 Å². The standard InChI is InChI=1S/C8H16N4OS/c1-13-6-4-2-3-5-10-8-11-7(9)12-14-8/h2-6H2,1H3,(H3,9,10,11,12). The highest BCUT2D eigenvalue weighted by atomic mass is 32.1. The van der Waals surface area contributed by atoms with Gasteiger partial charge in [0.1, 0.15) is 0 Å². The fourth-order valence-electron chi connectivity index (χ4n) is 1.05. The van der Waals surface area contributed by atoms with Crippen LogP contribution in [-0.2, 0) is 4.74 Å². The minimum absolute atomic E-state index is 0.344. The number of unbranched alkanes of at least 4 members (excludes halogenated alkanes) is 2. The van der Waals surface area contributed by atoms with Crippen LogP contribution in [0.25, 0.3) is 0 Å². The zero-order chi connectivity index (χ0) is 10.2. The van der Waals surface area contributed by atoms with Gasteiger partial charge in [0.2, 0.25) is 11.1 Å². The van der Waals surface area contributed by atoms with E-state index in [0.717, 1.165) is 37.5 Å². The Hall–Kier alpha value is -0.880. The smallest absolute Gasteiger partial charge is 0.233 e. The molecule has 1 aromatic rings. The lowest BCUT2D eigenvalue weighted by Crippen LogP contribution is -2.01.